The van der Waals surface area contributed by atoms with Crippen molar-refractivity contribution in [2.45, 2.75) is 51.2 Å². The fraction of sp³-hybridized carbons (Fsp3) is 0.196. The van der Waals surface area contributed by atoms with Gasteiger partial charge in [-0.15, -0.1) is 5.10 Å². The number of methoxy groups -OCH3 is 1. The number of ether oxygens (including phenoxy) is 1. The second-order valence-electron chi connectivity index (χ2n) is 14.9. The molecule has 0 bridgehead atoms. The van der Waals surface area contributed by atoms with Crippen molar-refractivity contribution in [3.05, 3.63) is 208 Å². The number of esters is 1. The summed E-state index contributed by atoms with van der Waals surface area (Å²) in [5, 5.41) is 16.2. The van der Waals surface area contributed by atoms with Crippen LogP contribution in [0.1, 0.15) is 71.3 Å². The van der Waals surface area contributed by atoms with E-state index in [0.29, 0.717) is 17.8 Å². The second-order valence-corrected chi connectivity index (χ2v) is 14.9. The number of carbonyl (C=O) groups is 1. The van der Waals surface area contributed by atoms with Crippen molar-refractivity contribution in [2.75, 3.05) is 14.2 Å². The van der Waals surface area contributed by atoms with E-state index in [-0.39, 0.29) is 12.1 Å². The number of rotatable bonds is 14. The quantitative estimate of drug-likeness (QED) is 0.0799. The molecule has 6 aromatic carbocycles. The number of hydrogen-bond donors (Lipinski definition) is 0. The minimum absolute atomic E-state index is 0.300. The van der Waals surface area contributed by atoms with Crippen LogP contribution in [0.5, 0.6) is 0 Å². The van der Waals surface area contributed by atoms with Crippen LogP contribution in [-0.4, -0.2) is 57.3 Å². The van der Waals surface area contributed by atoms with Gasteiger partial charge in [-0.05, 0) is 81.8 Å². The van der Waals surface area contributed by atoms with E-state index in [4.69, 9.17) is 24.9 Å². The van der Waals surface area contributed by atoms with Gasteiger partial charge in [0.1, 0.15) is 11.7 Å². The summed E-state index contributed by atoms with van der Waals surface area (Å²) in [5.41, 5.74) is 10.3. The molecule has 300 valence electrons. The van der Waals surface area contributed by atoms with Crippen molar-refractivity contribution in [1.29, 1.82) is 0 Å². The summed E-state index contributed by atoms with van der Waals surface area (Å²) >= 11 is 0. The van der Waals surface area contributed by atoms with Gasteiger partial charge >= 0.3 is 5.97 Å². The summed E-state index contributed by atoms with van der Waals surface area (Å²) < 4.78 is 7.07. The number of aliphatic imine (C=N–C) groups is 1. The van der Waals surface area contributed by atoms with Crippen LogP contribution in [-0.2, 0) is 21.5 Å². The lowest BCUT2D eigenvalue weighted by Crippen LogP contribution is -2.39. The van der Waals surface area contributed by atoms with Crippen LogP contribution in [0.4, 0.5) is 0 Å². The van der Waals surface area contributed by atoms with E-state index < -0.39 is 5.54 Å². The first-order valence-electron chi connectivity index (χ1n) is 20.4. The maximum atomic E-state index is 12.7. The standard InChI is InChI=1S/C51H48N6O3/c1-5-6-30-47-46(34-37-20-19-23-40(33-37)50(58)59-3)48(52-36(2)56(47)60-4)39-31-32-44(38-21-11-7-12-22-38)45(35-39)49-53-54-55-57(49)51(41-24-13-8-14-25-41,42-26-15-9-16-27-42)43-28-17-10-18-29-43/h7-29,31-33,35-36H,5-6,30,34H2,1-4H3. The van der Waals surface area contributed by atoms with Crippen molar-refractivity contribution in [1.82, 2.24) is 25.3 Å². The van der Waals surface area contributed by atoms with Gasteiger partial charge in [-0.25, -0.2) is 14.5 Å². The molecular formula is C51H48N6O3. The molecular weight excluding hydrogens is 745 g/mol. The zero-order valence-corrected chi connectivity index (χ0v) is 34.4. The maximum absolute atomic E-state index is 12.7. The third-order valence-corrected chi connectivity index (χ3v) is 11.2. The number of benzene rings is 6. The highest BCUT2D eigenvalue weighted by molar-refractivity contribution is 6.14. The summed E-state index contributed by atoms with van der Waals surface area (Å²) in [6.07, 6.45) is 2.99. The van der Waals surface area contributed by atoms with Gasteiger partial charge in [0.15, 0.2) is 5.82 Å². The molecule has 0 radical (unpaired) electrons. The highest BCUT2D eigenvalue weighted by Crippen LogP contribution is 2.44. The average Bonchev–Trinajstić information content (AvgIpc) is 3.80. The molecule has 60 heavy (non-hydrogen) atoms. The maximum Gasteiger partial charge on any atom is 0.337 e. The monoisotopic (exact) mass is 792 g/mol. The molecule has 2 heterocycles. The van der Waals surface area contributed by atoms with Crippen molar-refractivity contribution in [3.63, 3.8) is 0 Å². The van der Waals surface area contributed by atoms with Crippen molar-refractivity contribution in [2.24, 2.45) is 4.99 Å². The Labute approximate surface area is 351 Å². The van der Waals surface area contributed by atoms with Crippen LogP contribution in [0, 0.1) is 0 Å². The summed E-state index contributed by atoms with van der Waals surface area (Å²) in [6, 6.07) is 55.8. The molecule has 0 saturated heterocycles. The number of aromatic nitrogens is 4. The summed E-state index contributed by atoms with van der Waals surface area (Å²) in [6.45, 7) is 4.25. The van der Waals surface area contributed by atoms with E-state index in [1.54, 1.807) is 13.2 Å². The molecule has 0 N–H and O–H groups in total. The summed E-state index contributed by atoms with van der Waals surface area (Å²) in [4.78, 5) is 24.1. The Hall–Kier alpha value is -6.97. The smallest absolute Gasteiger partial charge is 0.337 e. The molecule has 0 spiro atoms. The first-order valence-corrected chi connectivity index (χ1v) is 20.4. The number of hydroxylamine groups is 2. The molecule has 1 aliphatic rings. The Kier molecular flexibility index (Phi) is 11.9. The van der Waals surface area contributed by atoms with E-state index in [1.165, 1.54) is 7.11 Å². The number of unbranched alkanes of at least 4 members (excludes halogenated alkanes) is 1. The Morgan fingerprint density at radius 2 is 1.32 bits per heavy atom. The van der Waals surface area contributed by atoms with Crippen LogP contribution < -0.4 is 0 Å². The van der Waals surface area contributed by atoms with Gasteiger partial charge in [-0.1, -0.05) is 159 Å². The number of nitrogens with zero attached hydrogens (tertiary/aromatic N) is 6. The molecule has 0 amide bonds. The number of allylic oxidation sites excluding steroid dienone is 2. The minimum Gasteiger partial charge on any atom is -0.465 e. The van der Waals surface area contributed by atoms with Crippen LogP contribution in [0.15, 0.2) is 180 Å². The lowest BCUT2D eigenvalue weighted by Gasteiger charge is -2.37. The summed E-state index contributed by atoms with van der Waals surface area (Å²) in [7, 11) is 3.10. The highest BCUT2D eigenvalue weighted by Gasteiger charge is 2.42. The topological polar surface area (TPSA) is 94.7 Å². The lowest BCUT2D eigenvalue weighted by molar-refractivity contribution is -0.130. The zero-order chi connectivity index (χ0) is 41.5. The van der Waals surface area contributed by atoms with Gasteiger partial charge in [0.05, 0.1) is 25.5 Å². The van der Waals surface area contributed by atoms with Crippen LogP contribution in [0.25, 0.3) is 22.5 Å². The van der Waals surface area contributed by atoms with E-state index in [9.17, 15) is 4.79 Å². The highest BCUT2D eigenvalue weighted by atomic mass is 16.7. The van der Waals surface area contributed by atoms with Crippen LogP contribution in [0.2, 0.25) is 0 Å². The van der Waals surface area contributed by atoms with Gasteiger partial charge < -0.3 is 4.74 Å². The van der Waals surface area contributed by atoms with Gasteiger partial charge in [0.2, 0.25) is 0 Å². The molecule has 0 aliphatic carbocycles. The SMILES string of the molecule is CCCCC1=C(Cc2cccc(C(=O)OC)c2)C(c2ccc(-c3ccccc3)c(-c3nnnn3C(c3ccccc3)(c3ccccc3)c3ccccc3)c2)=NC(C)N1OC. The van der Waals surface area contributed by atoms with Gasteiger partial charge in [0, 0.05) is 28.8 Å². The molecule has 9 nitrogen and oxygen atoms in total. The van der Waals surface area contributed by atoms with Gasteiger partial charge in [-0.2, -0.15) is 0 Å². The number of carbonyl (C=O) groups excluding carboxylic acids is 1. The Morgan fingerprint density at radius 1 is 0.700 bits per heavy atom. The van der Waals surface area contributed by atoms with Crippen LogP contribution in [0.3, 0.4) is 0 Å². The summed E-state index contributed by atoms with van der Waals surface area (Å²) in [5.74, 6) is 0.218. The Morgan fingerprint density at radius 3 is 1.90 bits per heavy atom. The largest absolute Gasteiger partial charge is 0.465 e. The van der Waals surface area contributed by atoms with Crippen molar-refractivity contribution in [3.8, 4) is 22.5 Å². The first-order chi connectivity index (χ1) is 29.5. The van der Waals surface area contributed by atoms with Gasteiger partial charge in [-0.3, -0.25) is 9.83 Å². The van der Waals surface area contributed by atoms with Crippen LogP contribution >= 0.6 is 0 Å². The Balaban J connectivity index is 1.39. The minimum atomic E-state index is -0.953. The third-order valence-electron chi connectivity index (χ3n) is 11.2. The fourth-order valence-corrected chi connectivity index (χ4v) is 8.48. The molecule has 8 rings (SSSR count). The number of tetrazole rings is 1. The van der Waals surface area contributed by atoms with Crippen molar-refractivity contribution < 1.29 is 14.4 Å². The predicted molar refractivity (Wildman–Crippen MR) is 236 cm³/mol. The van der Waals surface area contributed by atoms with E-state index in [2.05, 4.69) is 122 Å². The molecule has 0 saturated carbocycles. The molecule has 1 aromatic heterocycles. The fourth-order valence-electron chi connectivity index (χ4n) is 8.48. The van der Waals surface area contributed by atoms with Crippen molar-refractivity contribution >= 4 is 11.7 Å². The second kappa shape index (κ2) is 17.9. The molecule has 1 atom stereocenters. The normalized spacial score (nSPS) is 14.2. The van der Waals surface area contributed by atoms with E-state index in [0.717, 1.165) is 80.8 Å². The average molecular weight is 793 g/mol. The molecule has 9 heteroatoms. The van der Waals surface area contributed by atoms with Gasteiger partial charge in [0.25, 0.3) is 0 Å². The Bertz CT molecular complexity index is 2530. The zero-order valence-electron chi connectivity index (χ0n) is 34.4. The third kappa shape index (κ3) is 7.55. The molecule has 1 aliphatic heterocycles. The number of hydrogen-bond acceptors (Lipinski definition) is 8. The molecule has 1 unspecified atom stereocenters. The van der Waals surface area contributed by atoms with E-state index in [1.807, 2.05) is 64.3 Å². The molecule has 7 aromatic rings. The van der Waals surface area contributed by atoms with E-state index >= 15 is 0 Å². The first kappa shape index (κ1) is 39.8. The molecule has 0 fully saturated rings. The predicted octanol–water partition coefficient (Wildman–Crippen LogP) is 10.3. The lowest BCUT2D eigenvalue weighted by atomic mass is 9.76.